The van der Waals surface area contributed by atoms with Crippen molar-refractivity contribution >= 4 is 33.4 Å². The van der Waals surface area contributed by atoms with E-state index in [2.05, 4.69) is 15.9 Å². The van der Waals surface area contributed by atoms with Crippen molar-refractivity contribution in [3.8, 4) is 11.5 Å². The van der Waals surface area contributed by atoms with Gasteiger partial charge in [0.1, 0.15) is 11.5 Å². The maximum Gasteiger partial charge on any atom is 0.261 e. The van der Waals surface area contributed by atoms with Crippen LogP contribution in [0.5, 0.6) is 11.5 Å². The SMILES string of the molecule is COc1ccc(C2CCCN2C(=O)COc2ccc(Br)cc2Cl)cc1. The molecule has 0 radical (unpaired) electrons. The Labute approximate surface area is 160 Å². The summed E-state index contributed by atoms with van der Waals surface area (Å²) in [5.41, 5.74) is 1.12. The molecule has 1 atom stereocenters. The van der Waals surface area contributed by atoms with Crippen LogP contribution < -0.4 is 9.47 Å². The van der Waals surface area contributed by atoms with E-state index in [0.29, 0.717) is 10.8 Å². The normalized spacial score (nSPS) is 16.8. The van der Waals surface area contributed by atoms with Gasteiger partial charge in [0.15, 0.2) is 6.61 Å². The minimum atomic E-state index is -0.0303. The predicted molar refractivity (Wildman–Crippen MR) is 101 cm³/mol. The van der Waals surface area contributed by atoms with Crippen LogP contribution in [0.2, 0.25) is 5.02 Å². The molecule has 2 aromatic carbocycles. The Hall–Kier alpha value is -1.72. The Balaban J connectivity index is 1.65. The van der Waals surface area contributed by atoms with Gasteiger partial charge >= 0.3 is 0 Å². The largest absolute Gasteiger partial charge is 0.497 e. The lowest BCUT2D eigenvalue weighted by molar-refractivity contribution is -0.134. The van der Waals surface area contributed by atoms with E-state index in [1.807, 2.05) is 35.2 Å². The molecule has 132 valence electrons. The highest BCUT2D eigenvalue weighted by molar-refractivity contribution is 9.10. The molecule has 0 bridgehead atoms. The van der Waals surface area contributed by atoms with Crippen molar-refractivity contribution in [1.82, 2.24) is 4.90 Å². The number of halogens is 2. The number of methoxy groups -OCH3 is 1. The summed E-state index contributed by atoms with van der Waals surface area (Å²) in [7, 11) is 1.64. The summed E-state index contributed by atoms with van der Waals surface area (Å²) in [6.45, 7) is 0.723. The van der Waals surface area contributed by atoms with Gasteiger partial charge in [-0.15, -0.1) is 0 Å². The number of nitrogens with zero attached hydrogens (tertiary/aromatic N) is 1. The molecule has 1 fully saturated rings. The first-order chi connectivity index (χ1) is 12.1. The third kappa shape index (κ3) is 4.28. The van der Waals surface area contributed by atoms with E-state index in [1.165, 1.54) is 0 Å². The van der Waals surface area contributed by atoms with E-state index in [1.54, 1.807) is 19.2 Å². The summed E-state index contributed by atoms with van der Waals surface area (Å²) < 4.78 is 11.7. The average molecular weight is 425 g/mol. The fourth-order valence-corrected chi connectivity index (χ4v) is 3.78. The molecule has 0 aromatic heterocycles. The first-order valence-corrected chi connectivity index (χ1v) is 9.27. The molecular formula is C19H19BrClNO3. The van der Waals surface area contributed by atoms with Gasteiger partial charge in [-0.1, -0.05) is 39.7 Å². The lowest BCUT2D eigenvalue weighted by Gasteiger charge is -2.25. The number of rotatable bonds is 5. The fraction of sp³-hybridized carbons (Fsp3) is 0.316. The maximum absolute atomic E-state index is 12.6. The van der Waals surface area contributed by atoms with Crippen LogP contribution in [-0.2, 0) is 4.79 Å². The second-order valence-electron chi connectivity index (χ2n) is 5.88. The molecule has 0 N–H and O–H groups in total. The van der Waals surface area contributed by atoms with Crippen molar-refractivity contribution in [2.24, 2.45) is 0 Å². The number of carbonyl (C=O) groups is 1. The predicted octanol–water partition coefficient (Wildman–Crippen LogP) is 4.85. The number of hydrogen-bond donors (Lipinski definition) is 0. The van der Waals surface area contributed by atoms with Crippen molar-refractivity contribution in [1.29, 1.82) is 0 Å². The van der Waals surface area contributed by atoms with Crippen LogP contribution in [-0.4, -0.2) is 31.1 Å². The van der Waals surface area contributed by atoms with Gasteiger partial charge in [-0.05, 0) is 48.7 Å². The molecule has 1 unspecified atom stereocenters. The van der Waals surface area contributed by atoms with Gasteiger partial charge in [-0.3, -0.25) is 4.79 Å². The van der Waals surface area contributed by atoms with E-state index in [4.69, 9.17) is 21.1 Å². The van der Waals surface area contributed by atoms with Crippen LogP contribution in [0.15, 0.2) is 46.9 Å². The van der Waals surface area contributed by atoms with Crippen molar-refractivity contribution in [3.05, 3.63) is 57.5 Å². The first-order valence-electron chi connectivity index (χ1n) is 8.10. The van der Waals surface area contributed by atoms with E-state index in [9.17, 15) is 4.79 Å². The molecule has 1 aliphatic rings. The summed E-state index contributed by atoms with van der Waals surface area (Å²) in [6, 6.07) is 13.3. The van der Waals surface area contributed by atoms with E-state index < -0.39 is 0 Å². The van der Waals surface area contributed by atoms with Crippen molar-refractivity contribution < 1.29 is 14.3 Å². The second-order valence-corrected chi connectivity index (χ2v) is 7.20. The molecule has 1 aliphatic heterocycles. The lowest BCUT2D eigenvalue weighted by atomic mass is 10.0. The monoisotopic (exact) mass is 423 g/mol. The number of hydrogen-bond acceptors (Lipinski definition) is 3. The molecular weight excluding hydrogens is 406 g/mol. The Bertz CT molecular complexity index is 751. The van der Waals surface area contributed by atoms with Crippen molar-refractivity contribution in [2.75, 3.05) is 20.3 Å². The molecule has 0 aliphatic carbocycles. The highest BCUT2D eigenvalue weighted by Gasteiger charge is 2.30. The van der Waals surface area contributed by atoms with Crippen LogP contribution >= 0.6 is 27.5 Å². The summed E-state index contributed by atoms with van der Waals surface area (Å²) in [5.74, 6) is 1.29. The lowest BCUT2D eigenvalue weighted by Crippen LogP contribution is -2.34. The zero-order valence-electron chi connectivity index (χ0n) is 13.9. The molecule has 2 aromatic rings. The van der Waals surface area contributed by atoms with Crippen molar-refractivity contribution in [3.63, 3.8) is 0 Å². The summed E-state index contributed by atoms with van der Waals surface area (Å²) in [5, 5.41) is 0.482. The van der Waals surface area contributed by atoms with Gasteiger partial charge in [-0.25, -0.2) is 0 Å². The van der Waals surface area contributed by atoms with Gasteiger partial charge in [0.2, 0.25) is 0 Å². The Kier molecular flexibility index (Phi) is 5.86. The molecule has 4 nitrogen and oxygen atoms in total. The highest BCUT2D eigenvalue weighted by Crippen LogP contribution is 2.33. The topological polar surface area (TPSA) is 38.8 Å². The van der Waals surface area contributed by atoms with Crippen LogP contribution in [0, 0.1) is 0 Å². The number of likely N-dealkylation sites (tertiary alicyclic amines) is 1. The second kappa shape index (κ2) is 8.11. The Morgan fingerprint density at radius 2 is 2.04 bits per heavy atom. The summed E-state index contributed by atoms with van der Waals surface area (Å²) in [6.07, 6.45) is 1.94. The van der Waals surface area contributed by atoms with Gasteiger partial charge in [-0.2, -0.15) is 0 Å². The molecule has 1 amide bonds. The highest BCUT2D eigenvalue weighted by atomic mass is 79.9. The molecule has 6 heteroatoms. The summed E-state index contributed by atoms with van der Waals surface area (Å²) in [4.78, 5) is 14.5. The van der Waals surface area contributed by atoms with Gasteiger partial charge < -0.3 is 14.4 Å². The smallest absolute Gasteiger partial charge is 0.261 e. The maximum atomic E-state index is 12.6. The zero-order chi connectivity index (χ0) is 17.8. The van der Waals surface area contributed by atoms with Gasteiger partial charge in [0, 0.05) is 11.0 Å². The van der Waals surface area contributed by atoms with Crippen LogP contribution in [0.3, 0.4) is 0 Å². The number of amides is 1. The van der Waals surface area contributed by atoms with Crippen LogP contribution in [0.25, 0.3) is 0 Å². The van der Waals surface area contributed by atoms with E-state index >= 15 is 0 Å². The Morgan fingerprint density at radius 3 is 2.72 bits per heavy atom. The first kappa shape index (κ1) is 18.1. The number of carbonyl (C=O) groups excluding carboxylic acids is 1. The van der Waals surface area contributed by atoms with Crippen molar-refractivity contribution in [2.45, 2.75) is 18.9 Å². The molecule has 25 heavy (non-hydrogen) atoms. The Morgan fingerprint density at radius 1 is 1.28 bits per heavy atom. The minimum absolute atomic E-state index is 0.0198. The third-order valence-corrected chi connectivity index (χ3v) is 5.11. The summed E-state index contributed by atoms with van der Waals surface area (Å²) >= 11 is 9.48. The molecule has 1 heterocycles. The zero-order valence-corrected chi connectivity index (χ0v) is 16.2. The molecule has 3 rings (SSSR count). The third-order valence-electron chi connectivity index (χ3n) is 4.32. The van der Waals surface area contributed by atoms with Gasteiger partial charge in [0.05, 0.1) is 18.2 Å². The number of ether oxygens (including phenoxy) is 2. The molecule has 0 spiro atoms. The van der Waals surface area contributed by atoms with Gasteiger partial charge in [0.25, 0.3) is 5.91 Å². The fourth-order valence-electron chi connectivity index (χ4n) is 3.05. The molecule has 1 saturated heterocycles. The minimum Gasteiger partial charge on any atom is -0.497 e. The van der Waals surface area contributed by atoms with Crippen LogP contribution in [0.1, 0.15) is 24.4 Å². The molecule has 0 saturated carbocycles. The number of benzene rings is 2. The standard InChI is InChI=1S/C19H19BrClNO3/c1-24-15-7-4-13(5-8-15)17-3-2-10-22(17)19(23)12-25-18-9-6-14(20)11-16(18)21/h4-9,11,17H,2-3,10,12H2,1H3. The average Bonchev–Trinajstić information content (AvgIpc) is 3.10. The van der Waals surface area contributed by atoms with Crippen LogP contribution in [0.4, 0.5) is 0 Å². The van der Waals surface area contributed by atoms with E-state index in [0.717, 1.165) is 35.2 Å². The van der Waals surface area contributed by atoms with E-state index in [-0.39, 0.29) is 18.6 Å². The quantitative estimate of drug-likeness (QED) is 0.688.